The fraction of sp³-hybridized carbons (Fsp3) is 0.280. The molecule has 4 rings (SSSR count). The average molecular weight is 464 g/mol. The summed E-state index contributed by atoms with van der Waals surface area (Å²) in [7, 11) is 0. The van der Waals surface area contributed by atoms with Gasteiger partial charge in [0.1, 0.15) is 23.7 Å². The molecule has 1 aromatic heterocycles. The number of nitrogens with one attached hydrogen (secondary N) is 1. The maximum Gasteiger partial charge on any atom is 0.358 e. The number of benzene rings is 2. The first-order valence-electron chi connectivity index (χ1n) is 10.9. The number of aldehydes is 1. The summed E-state index contributed by atoms with van der Waals surface area (Å²) in [5.41, 5.74) is 0.622. The Labute approximate surface area is 196 Å². The lowest BCUT2D eigenvalue weighted by Crippen LogP contribution is -2.63. The number of aromatic nitrogens is 2. The summed E-state index contributed by atoms with van der Waals surface area (Å²) in [6.07, 6.45) is 0.688. The third-order valence-corrected chi connectivity index (χ3v) is 5.88. The molecule has 2 unspecified atom stereocenters. The van der Waals surface area contributed by atoms with E-state index in [-0.39, 0.29) is 31.3 Å². The molecule has 8 nitrogen and oxygen atoms in total. The molecule has 3 aromatic rings. The van der Waals surface area contributed by atoms with E-state index < -0.39 is 23.4 Å². The first kappa shape index (κ1) is 23.2. The fourth-order valence-corrected chi connectivity index (χ4v) is 4.24. The molecule has 1 N–H and O–H groups in total. The maximum absolute atomic E-state index is 13.7. The molecule has 1 amide bonds. The highest BCUT2D eigenvalue weighted by Gasteiger charge is 2.49. The molecule has 0 aliphatic carbocycles. The first-order valence-corrected chi connectivity index (χ1v) is 10.9. The zero-order valence-corrected chi connectivity index (χ0v) is 18.9. The van der Waals surface area contributed by atoms with Crippen LogP contribution >= 0.6 is 0 Å². The number of ether oxygens (including phenoxy) is 1. The minimum Gasteiger partial charge on any atom is -0.461 e. The largest absolute Gasteiger partial charge is 0.461 e. The molecule has 0 fully saturated rings. The molecular weight excluding hydrogens is 439 g/mol. The zero-order chi connectivity index (χ0) is 24.3. The Morgan fingerprint density at radius 1 is 1.21 bits per heavy atom. The zero-order valence-electron chi connectivity index (χ0n) is 18.9. The minimum atomic E-state index is -1.27. The molecule has 176 valence electrons. The molecule has 0 bridgehead atoms. The summed E-state index contributed by atoms with van der Waals surface area (Å²) < 4.78 is 20.2. The molecular formula is C25H25FN4O4. The molecule has 0 saturated heterocycles. The van der Waals surface area contributed by atoms with Crippen LogP contribution in [0.4, 0.5) is 10.1 Å². The minimum absolute atomic E-state index is 0.0525. The topological polar surface area (TPSA) is 93.5 Å². The molecule has 0 radical (unpaired) electrons. The van der Waals surface area contributed by atoms with Gasteiger partial charge in [-0.15, -0.1) is 0 Å². The van der Waals surface area contributed by atoms with Crippen molar-refractivity contribution in [3.8, 4) is 0 Å². The lowest BCUT2D eigenvalue weighted by Gasteiger charge is -2.48. The van der Waals surface area contributed by atoms with Gasteiger partial charge in [0, 0.05) is 12.2 Å². The van der Waals surface area contributed by atoms with Gasteiger partial charge in [0.2, 0.25) is 5.91 Å². The van der Waals surface area contributed by atoms with Gasteiger partial charge < -0.3 is 19.7 Å². The van der Waals surface area contributed by atoms with E-state index in [1.165, 1.54) is 35.0 Å². The quantitative estimate of drug-likeness (QED) is 0.427. The molecule has 9 heteroatoms. The second kappa shape index (κ2) is 9.46. The molecule has 2 atom stereocenters. The second-order valence-corrected chi connectivity index (χ2v) is 8.20. The van der Waals surface area contributed by atoms with Gasteiger partial charge in [-0.2, -0.15) is 5.10 Å². The maximum atomic E-state index is 13.7. The smallest absolute Gasteiger partial charge is 0.358 e. The summed E-state index contributed by atoms with van der Waals surface area (Å²) in [5, 5.41) is 7.26. The van der Waals surface area contributed by atoms with E-state index in [9.17, 15) is 18.8 Å². The van der Waals surface area contributed by atoms with Crippen LogP contribution in [-0.4, -0.2) is 40.1 Å². The molecule has 1 aliphatic rings. The van der Waals surface area contributed by atoms with Crippen LogP contribution < -0.4 is 10.2 Å². The van der Waals surface area contributed by atoms with E-state index in [0.29, 0.717) is 17.7 Å². The molecule has 1 aliphatic heterocycles. The third kappa shape index (κ3) is 4.28. The SMILES string of the molecule is CCOC(=O)c1cc2n(n1)CC(C)(C(=O)NCc1ccccc1)N(c1ccc(F)cc1)C2C=O. The molecule has 0 spiro atoms. The Bertz CT molecular complexity index is 1200. The van der Waals surface area contributed by atoms with E-state index in [2.05, 4.69) is 10.4 Å². The monoisotopic (exact) mass is 464 g/mol. The predicted molar refractivity (Wildman–Crippen MR) is 123 cm³/mol. The lowest BCUT2D eigenvalue weighted by molar-refractivity contribution is -0.127. The van der Waals surface area contributed by atoms with E-state index in [1.54, 1.807) is 18.7 Å². The number of esters is 1. The van der Waals surface area contributed by atoms with Crippen molar-refractivity contribution in [2.75, 3.05) is 11.5 Å². The van der Waals surface area contributed by atoms with Crippen LogP contribution in [0.15, 0.2) is 60.7 Å². The van der Waals surface area contributed by atoms with Gasteiger partial charge in [0.25, 0.3) is 0 Å². The Balaban J connectivity index is 1.75. The van der Waals surface area contributed by atoms with Crippen molar-refractivity contribution in [2.24, 2.45) is 0 Å². The number of amides is 1. The lowest BCUT2D eigenvalue weighted by atomic mass is 9.90. The van der Waals surface area contributed by atoms with Crippen LogP contribution in [0.1, 0.15) is 41.6 Å². The van der Waals surface area contributed by atoms with Crippen LogP contribution in [0.3, 0.4) is 0 Å². The number of halogens is 1. The highest BCUT2D eigenvalue weighted by molar-refractivity contribution is 5.92. The van der Waals surface area contributed by atoms with Crippen molar-refractivity contribution < 1.29 is 23.5 Å². The Morgan fingerprint density at radius 3 is 2.56 bits per heavy atom. The average Bonchev–Trinajstić information content (AvgIpc) is 3.26. The van der Waals surface area contributed by atoms with Gasteiger partial charge in [-0.1, -0.05) is 30.3 Å². The number of hydrogen-bond acceptors (Lipinski definition) is 6. The standard InChI is InChI=1S/C25H25FN4O4/c1-3-34-23(32)20-13-21-22(15-31)30(19-11-9-18(26)10-12-19)25(2,16-29(21)28-20)24(33)27-14-17-7-5-4-6-8-17/h4-13,15,22H,3,14,16H2,1-2H3,(H,27,33). The number of carbonyl (C=O) groups is 3. The van der Waals surface area contributed by atoms with E-state index >= 15 is 0 Å². The molecule has 2 heterocycles. The fourth-order valence-electron chi connectivity index (χ4n) is 4.24. The Morgan fingerprint density at radius 2 is 1.91 bits per heavy atom. The summed E-state index contributed by atoms with van der Waals surface area (Å²) in [6.45, 7) is 3.91. The molecule has 2 aromatic carbocycles. The van der Waals surface area contributed by atoms with Crippen molar-refractivity contribution in [1.82, 2.24) is 15.1 Å². The summed E-state index contributed by atoms with van der Waals surface area (Å²) in [5.74, 6) is -1.39. The van der Waals surface area contributed by atoms with E-state index in [1.807, 2.05) is 30.3 Å². The van der Waals surface area contributed by atoms with Gasteiger partial charge in [-0.05, 0) is 49.7 Å². The predicted octanol–water partition coefficient (Wildman–Crippen LogP) is 3.03. The number of rotatable bonds is 7. The van der Waals surface area contributed by atoms with Crippen molar-refractivity contribution in [1.29, 1.82) is 0 Å². The van der Waals surface area contributed by atoms with Gasteiger partial charge in [0.05, 0.1) is 18.8 Å². The van der Waals surface area contributed by atoms with Gasteiger partial charge >= 0.3 is 5.97 Å². The normalized spacial score (nSPS) is 19.3. The van der Waals surface area contributed by atoms with Crippen LogP contribution in [0, 0.1) is 5.82 Å². The van der Waals surface area contributed by atoms with Crippen LogP contribution in [0.25, 0.3) is 0 Å². The van der Waals surface area contributed by atoms with Crippen molar-refractivity contribution in [2.45, 2.75) is 38.5 Å². The van der Waals surface area contributed by atoms with Gasteiger partial charge in [-0.25, -0.2) is 9.18 Å². The summed E-state index contributed by atoms with van der Waals surface area (Å²) in [4.78, 5) is 39.9. The number of hydrogen-bond donors (Lipinski definition) is 1. The molecule has 0 saturated carbocycles. The van der Waals surface area contributed by atoms with E-state index in [4.69, 9.17) is 4.74 Å². The summed E-state index contributed by atoms with van der Waals surface area (Å²) >= 11 is 0. The van der Waals surface area contributed by atoms with Crippen molar-refractivity contribution in [3.63, 3.8) is 0 Å². The number of anilines is 1. The van der Waals surface area contributed by atoms with Gasteiger partial charge in [0.15, 0.2) is 5.69 Å². The van der Waals surface area contributed by atoms with Gasteiger partial charge in [-0.3, -0.25) is 9.48 Å². The highest BCUT2D eigenvalue weighted by Crippen LogP contribution is 2.39. The number of fused-ring (bicyclic) bond motifs is 1. The van der Waals surface area contributed by atoms with E-state index in [0.717, 1.165) is 5.56 Å². The number of carbonyl (C=O) groups excluding carboxylic acids is 3. The number of nitrogens with zero attached hydrogens (tertiary/aromatic N) is 3. The summed E-state index contributed by atoms with van der Waals surface area (Å²) in [6, 6.07) is 15.6. The van der Waals surface area contributed by atoms with Crippen LogP contribution in [0.2, 0.25) is 0 Å². The Kier molecular flexibility index (Phi) is 6.45. The second-order valence-electron chi connectivity index (χ2n) is 8.20. The first-order chi connectivity index (χ1) is 16.4. The van der Waals surface area contributed by atoms with Crippen molar-refractivity contribution in [3.05, 3.63) is 83.4 Å². The van der Waals surface area contributed by atoms with Crippen LogP contribution in [-0.2, 0) is 27.4 Å². The third-order valence-electron chi connectivity index (χ3n) is 5.88. The highest BCUT2D eigenvalue weighted by atomic mass is 19.1. The molecule has 34 heavy (non-hydrogen) atoms. The van der Waals surface area contributed by atoms with Crippen LogP contribution in [0.5, 0.6) is 0 Å². The Hall–Kier alpha value is -4.01. The van der Waals surface area contributed by atoms with Crippen molar-refractivity contribution >= 4 is 23.9 Å².